The Labute approximate surface area is 189 Å². The number of carbonyl (C=O) groups is 3. The molecule has 1 aromatic carbocycles. The molecule has 7 nitrogen and oxygen atoms in total. The van der Waals surface area contributed by atoms with E-state index in [1.54, 1.807) is 0 Å². The molecule has 2 heterocycles. The summed E-state index contributed by atoms with van der Waals surface area (Å²) in [6, 6.07) is 7.88. The van der Waals surface area contributed by atoms with Crippen molar-refractivity contribution < 1.29 is 14.4 Å². The molecule has 0 unspecified atom stereocenters. The van der Waals surface area contributed by atoms with Crippen LogP contribution in [0.3, 0.4) is 0 Å². The fraction of sp³-hybridized carbons (Fsp3) is 0.480. The van der Waals surface area contributed by atoms with E-state index < -0.39 is 0 Å². The highest BCUT2D eigenvalue weighted by molar-refractivity contribution is 6.07. The van der Waals surface area contributed by atoms with Crippen LogP contribution in [0.1, 0.15) is 70.8 Å². The number of ketones is 1. The van der Waals surface area contributed by atoms with E-state index in [1.165, 1.54) is 12.5 Å². The first kappa shape index (κ1) is 23.7. The maximum Gasteiger partial charge on any atom is 0.272 e. The van der Waals surface area contributed by atoms with Crippen molar-refractivity contribution in [3.63, 3.8) is 0 Å². The van der Waals surface area contributed by atoms with Gasteiger partial charge in [0.1, 0.15) is 5.69 Å². The monoisotopic (exact) mass is 438 g/mol. The minimum absolute atomic E-state index is 0.0157. The number of H-pyrrole nitrogens is 1. The van der Waals surface area contributed by atoms with Gasteiger partial charge in [-0.25, -0.2) is 0 Å². The van der Waals surface area contributed by atoms with E-state index in [0.717, 1.165) is 62.3 Å². The fourth-order valence-electron chi connectivity index (χ4n) is 4.52. The number of Topliss-reactive ketones (excluding diaryl/α,β-unsaturated/α-hetero) is 1. The lowest BCUT2D eigenvalue weighted by molar-refractivity contribution is -0.123. The van der Waals surface area contributed by atoms with Crippen LogP contribution >= 0.6 is 0 Å². The number of benzene rings is 1. The van der Waals surface area contributed by atoms with Gasteiger partial charge in [0.15, 0.2) is 5.78 Å². The van der Waals surface area contributed by atoms with Crippen LogP contribution in [0.25, 0.3) is 0 Å². The molecule has 1 aliphatic rings. The topological polar surface area (TPSA) is 108 Å². The number of amides is 2. The Hall–Kier alpha value is -2.93. The largest absolute Gasteiger partial charge is 0.369 e. The zero-order chi connectivity index (χ0) is 23.3. The normalized spacial score (nSPS) is 15.0. The lowest BCUT2D eigenvalue weighted by Crippen LogP contribution is -2.39. The van der Waals surface area contributed by atoms with Gasteiger partial charge in [0.25, 0.3) is 5.91 Å². The highest BCUT2D eigenvalue weighted by atomic mass is 16.2. The number of aromatic nitrogens is 1. The SMILES string of the molecule is CCCc1c(C(=O)Nc2ccc(CCN3CCC(C(N)=O)CC3)cc2)[nH]c(C)c1C(C)=O. The average Bonchev–Trinajstić information content (AvgIpc) is 3.10. The van der Waals surface area contributed by atoms with E-state index in [1.807, 2.05) is 38.1 Å². The van der Waals surface area contributed by atoms with Crippen LogP contribution in [0.4, 0.5) is 5.69 Å². The van der Waals surface area contributed by atoms with E-state index in [9.17, 15) is 14.4 Å². The molecule has 0 aliphatic carbocycles. The molecule has 0 bridgehead atoms. The van der Waals surface area contributed by atoms with Gasteiger partial charge in [0.2, 0.25) is 5.91 Å². The van der Waals surface area contributed by atoms with Gasteiger partial charge >= 0.3 is 0 Å². The van der Waals surface area contributed by atoms with Crippen LogP contribution in [0.2, 0.25) is 0 Å². The Morgan fingerprint density at radius 3 is 2.34 bits per heavy atom. The number of anilines is 1. The van der Waals surface area contributed by atoms with Gasteiger partial charge in [-0.1, -0.05) is 25.5 Å². The molecule has 1 aromatic heterocycles. The van der Waals surface area contributed by atoms with Gasteiger partial charge in [-0.05, 0) is 75.9 Å². The summed E-state index contributed by atoms with van der Waals surface area (Å²) in [7, 11) is 0. The van der Waals surface area contributed by atoms with E-state index in [0.29, 0.717) is 17.7 Å². The van der Waals surface area contributed by atoms with Crippen molar-refractivity contribution in [2.75, 3.05) is 25.0 Å². The summed E-state index contributed by atoms with van der Waals surface area (Å²) >= 11 is 0. The lowest BCUT2D eigenvalue weighted by Gasteiger charge is -2.30. The summed E-state index contributed by atoms with van der Waals surface area (Å²) in [5.74, 6) is -0.420. The number of hydrogen-bond acceptors (Lipinski definition) is 4. The Morgan fingerprint density at radius 2 is 1.78 bits per heavy atom. The summed E-state index contributed by atoms with van der Waals surface area (Å²) in [5, 5.41) is 2.95. The molecule has 0 atom stereocenters. The second-order valence-electron chi connectivity index (χ2n) is 8.70. The number of rotatable bonds is 9. The number of hydrogen-bond donors (Lipinski definition) is 3. The van der Waals surface area contributed by atoms with Crippen molar-refractivity contribution in [1.82, 2.24) is 9.88 Å². The number of nitrogens with one attached hydrogen (secondary N) is 2. The number of nitrogens with zero attached hydrogens (tertiary/aromatic N) is 1. The Morgan fingerprint density at radius 1 is 1.12 bits per heavy atom. The van der Waals surface area contributed by atoms with Crippen molar-refractivity contribution in [1.29, 1.82) is 0 Å². The third kappa shape index (κ3) is 5.65. The van der Waals surface area contributed by atoms with Crippen molar-refractivity contribution in [3.05, 3.63) is 52.3 Å². The van der Waals surface area contributed by atoms with Crippen molar-refractivity contribution in [2.45, 2.75) is 52.9 Å². The number of aryl methyl sites for hydroxylation is 1. The van der Waals surface area contributed by atoms with Crippen LogP contribution in [0, 0.1) is 12.8 Å². The first-order valence-corrected chi connectivity index (χ1v) is 11.4. The molecule has 0 saturated carbocycles. The Bertz CT molecular complexity index is 970. The molecule has 1 saturated heterocycles. The zero-order valence-electron chi connectivity index (χ0n) is 19.3. The average molecular weight is 439 g/mol. The maximum atomic E-state index is 12.9. The number of aromatic amines is 1. The predicted octanol–water partition coefficient (Wildman–Crippen LogP) is 3.47. The number of piperidine rings is 1. The quantitative estimate of drug-likeness (QED) is 0.521. The zero-order valence-corrected chi connectivity index (χ0v) is 19.3. The van der Waals surface area contributed by atoms with E-state index in [-0.39, 0.29) is 23.5 Å². The molecule has 172 valence electrons. The molecule has 0 radical (unpaired) electrons. The molecule has 0 spiro atoms. The molecule has 4 N–H and O–H groups in total. The number of carbonyl (C=O) groups excluding carboxylic acids is 3. The molecular formula is C25H34N4O3. The fourth-order valence-corrected chi connectivity index (χ4v) is 4.52. The van der Waals surface area contributed by atoms with Crippen LogP contribution in [0.5, 0.6) is 0 Å². The molecule has 1 fully saturated rings. The minimum atomic E-state index is -0.228. The van der Waals surface area contributed by atoms with Gasteiger partial charge < -0.3 is 20.9 Å². The van der Waals surface area contributed by atoms with Gasteiger partial charge in [-0.2, -0.15) is 0 Å². The van der Waals surface area contributed by atoms with Crippen LogP contribution in [0.15, 0.2) is 24.3 Å². The molecular weight excluding hydrogens is 404 g/mol. The van der Waals surface area contributed by atoms with Gasteiger partial charge in [-0.3, -0.25) is 14.4 Å². The summed E-state index contributed by atoms with van der Waals surface area (Å²) < 4.78 is 0. The van der Waals surface area contributed by atoms with Gasteiger partial charge in [0.05, 0.1) is 0 Å². The standard InChI is InChI=1S/C25H34N4O3/c1-4-5-21-22(17(3)30)16(2)27-23(21)25(32)28-20-8-6-18(7-9-20)10-13-29-14-11-19(12-15-29)24(26)31/h6-9,19,27H,4-5,10-15H2,1-3H3,(H2,26,31)(H,28,32). The van der Waals surface area contributed by atoms with Crippen molar-refractivity contribution in [3.8, 4) is 0 Å². The summed E-state index contributed by atoms with van der Waals surface area (Å²) in [6.45, 7) is 8.15. The maximum absolute atomic E-state index is 12.9. The number of primary amides is 1. The third-order valence-electron chi connectivity index (χ3n) is 6.29. The van der Waals surface area contributed by atoms with Crippen molar-refractivity contribution in [2.24, 2.45) is 11.7 Å². The molecule has 1 aliphatic heterocycles. The van der Waals surface area contributed by atoms with E-state index in [4.69, 9.17) is 5.73 Å². The second-order valence-corrected chi connectivity index (χ2v) is 8.70. The lowest BCUT2D eigenvalue weighted by atomic mass is 9.96. The Kier molecular flexibility index (Phi) is 7.85. The minimum Gasteiger partial charge on any atom is -0.369 e. The third-order valence-corrected chi connectivity index (χ3v) is 6.29. The second kappa shape index (κ2) is 10.6. The van der Waals surface area contributed by atoms with Crippen LogP contribution < -0.4 is 11.1 Å². The molecule has 7 heteroatoms. The number of likely N-dealkylation sites (tertiary alicyclic amines) is 1. The predicted molar refractivity (Wildman–Crippen MR) is 126 cm³/mol. The van der Waals surface area contributed by atoms with Crippen LogP contribution in [-0.4, -0.2) is 47.1 Å². The molecule has 3 rings (SSSR count). The smallest absolute Gasteiger partial charge is 0.272 e. The summed E-state index contributed by atoms with van der Waals surface area (Å²) in [5.41, 5.74) is 9.96. The summed E-state index contributed by atoms with van der Waals surface area (Å²) in [6.07, 6.45) is 4.12. The molecule has 32 heavy (non-hydrogen) atoms. The van der Waals surface area contributed by atoms with E-state index >= 15 is 0 Å². The van der Waals surface area contributed by atoms with Gasteiger partial charge in [-0.15, -0.1) is 0 Å². The summed E-state index contributed by atoms with van der Waals surface area (Å²) in [4.78, 5) is 41.7. The number of nitrogens with two attached hydrogens (primary N) is 1. The highest BCUT2D eigenvalue weighted by Gasteiger charge is 2.23. The highest BCUT2D eigenvalue weighted by Crippen LogP contribution is 2.23. The Balaban J connectivity index is 1.58. The van der Waals surface area contributed by atoms with Crippen LogP contribution in [-0.2, 0) is 17.6 Å². The molecule has 2 aromatic rings. The van der Waals surface area contributed by atoms with E-state index in [2.05, 4.69) is 15.2 Å². The first-order valence-electron chi connectivity index (χ1n) is 11.4. The van der Waals surface area contributed by atoms with Crippen molar-refractivity contribution >= 4 is 23.3 Å². The first-order chi connectivity index (χ1) is 15.3. The molecule has 2 amide bonds. The van der Waals surface area contributed by atoms with Gasteiger partial charge in [0, 0.05) is 29.4 Å².